The Labute approximate surface area is 488 Å². The Morgan fingerprint density at radius 3 is 1.55 bits per heavy atom. The van der Waals surface area contributed by atoms with E-state index in [-0.39, 0.29) is 27.9 Å². The molecule has 0 radical (unpaired) electrons. The van der Waals surface area contributed by atoms with Crippen molar-refractivity contribution in [3.63, 3.8) is 0 Å². The molecule has 0 spiro atoms. The summed E-state index contributed by atoms with van der Waals surface area (Å²) in [6.45, 7) is 40.7. The van der Waals surface area contributed by atoms with E-state index in [1.807, 2.05) is 12.4 Å². The Morgan fingerprint density at radius 2 is 1.12 bits per heavy atom. The predicted octanol–water partition coefficient (Wildman–Crippen LogP) is 17.2. The number of hydrogen-bond donors (Lipinski definition) is 1. The van der Waals surface area contributed by atoms with Crippen LogP contribution in [0.4, 0.5) is 0 Å². The molecule has 1 saturated heterocycles. The molecule has 4 unspecified atom stereocenters. The van der Waals surface area contributed by atoms with Crippen molar-refractivity contribution in [2.75, 3.05) is 19.8 Å². The lowest BCUT2D eigenvalue weighted by Gasteiger charge is -2.72. The molecule has 436 valence electrons. The quantitative estimate of drug-likeness (QED) is 0.226. The molecule has 11 heteroatoms. The van der Waals surface area contributed by atoms with E-state index in [4.69, 9.17) is 21.1 Å². The van der Waals surface area contributed by atoms with Crippen molar-refractivity contribution >= 4 is 37.6 Å². The van der Waals surface area contributed by atoms with E-state index >= 15 is 0 Å². The number of aliphatic hydroxyl groups excluding tert-OH is 1. The molecule has 22 atom stereocenters. The molecular formula is C67H108N2O5P3S+. The van der Waals surface area contributed by atoms with Gasteiger partial charge in [-0.3, -0.25) is 0 Å². The molecule has 0 aromatic carbocycles. The van der Waals surface area contributed by atoms with Crippen molar-refractivity contribution in [1.82, 2.24) is 10.3 Å². The zero-order chi connectivity index (χ0) is 58.0. The largest absolute Gasteiger partial charge is 0.396 e. The molecule has 0 bridgehead atoms. The first-order chi connectivity index (χ1) is 37.6. The first kappa shape index (κ1) is 57.6. The fraction of sp³-hybridized carbons (Fsp3) is 0.851. The molecule has 7 nitrogen and oxygen atoms in total. The van der Waals surface area contributed by atoms with Crippen LogP contribution in [0.3, 0.4) is 0 Å². The van der Waals surface area contributed by atoms with Gasteiger partial charge in [-0.2, -0.15) is 9.84 Å². The predicted molar refractivity (Wildman–Crippen MR) is 331 cm³/mol. The number of rotatable bonds is 6. The summed E-state index contributed by atoms with van der Waals surface area (Å²) < 4.78 is 36.6. The van der Waals surface area contributed by atoms with Crippen LogP contribution in [-0.4, -0.2) is 44.1 Å². The highest BCUT2D eigenvalue weighted by Gasteiger charge is 2.73. The summed E-state index contributed by atoms with van der Waals surface area (Å²) in [6, 6.07) is 0. The molecule has 1 N–H and O–H groups in total. The molecule has 9 fully saturated rings. The molecular weight excluding hydrogens is 1040 g/mol. The van der Waals surface area contributed by atoms with Gasteiger partial charge < -0.3 is 23.6 Å². The van der Waals surface area contributed by atoms with Crippen molar-refractivity contribution in [2.24, 2.45) is 102 Å². The van der Waals surface area contributed by atoms with E-state index in [9.17, 15) is 5.11 Å². The van der Waals surface area contributed by atoms with Crippen LogP contribution in [0, 0.1) is 102 Å². The summed E-state index contributed by atoms with van der Waals surface area (Å²) in [6.07, 6.45) is 30.7. The highest BCUT2D eigenvalue weighted by molar-refractivity contribution is 8.24. The number of nitrogens with zero attached hydrogens (tertiary/aromatic N) is 2. The lowest BCUT2D eigenvalue weighted by atomic mass is 9.32. The van der Waals surface area contributed by atoms with Crippen LogP contribution >= 0.6 is 25.8 Å². The number of ether oxygens (including phenoxy) is 2. The standard InChI is InChI=1S/C36H55NO3.C31H47NO2.H2P2S.H3P/c1-23(2)25-13-16-36(22-39-29-10-8-9-19-38-29)18-17-34(6)26(30(25)36)11-12-28-33(5)20-24-21-37-40-31(24)32(3,4)27(33)14-15-35(28,34)7;1-19(2)21-10-13-31(18-33)15-14-29(6)22(25(21)31)8-9-24-28(5)16-20-17-32-34-26(20)27(3,4)23(28)11-12-30(24,29)7;1-2-3;/h21,25-30H,1,8-20,22H2,2-7H3;17,21-25,33H,1,8-16,18H2,2-7H3;1H2;1H3/p+1/t25-,26+,27-,28+,29?,30+,33-,34+,35+,36+;21-,22+,23-,24+,25+,28-,29+,30+,31+;;/m00../s1/i;;;1D/hT. The van der Waals surface area contributed by atoms with Gasteiger partial charge in [-0.15, -0.1) is 0 Å². The van der Waals surface area contributed by atoms with Crippen LogP contribution in [0.25, 0.3) is 0 Å². The van der Waals surface area contributed by atoms with Gasteiger partial charge in [0.05, 0.1) is 29.2 Å². The van der Waals surface area contributed by atoms with Crippen molar-refractivity contribution in [1.29, 1.82) is 2.56 Å². The van der Waals surface area contributed by atoms with Crippen LogP contribution in [0.15, 0.2) is 45.7 Å². The van der Waals surface area contributed by atoms with E-state index in [0.29, 0.717) is 80.5 Å². The molecule has 78 heavy (non-hydrogen) atoms. The number of aromatic nitrogens is 2. The smallest absolute Gasteiger partial charge is 0.355 e. The van der Waals surface area contributed by atoms with Gasteiger partial charge in [-0.1, -0.05) is 104 Å². The van der Waals surface area contributed by atoms with Crippen LogP contribution in [-0.2, 0) is 45.0 Å². The molecule has 1 aliphatic heterocycles. The van der Waals surface area contributed by atoms with E-state index in [0.717, 1.165) is 61.8 Å². The third kappa shape index (κ3) is 8.53. The summed E-state index contributed by atoms with van der Waals surface area (Å²) in [5.41, 5.74) is 8.03. The highest BCUT2D eigenvalue weighted by atomic mass is 32.6. The maximum atomic E-state index is 10.7. The second-order valence-corrected chi connectivity index (χ2v) is 34.4. The minimum Gasteiger partial charge on any atom is -0.396 e. The Bertz CT molecular complexity index is 2630. The third-order valence-corrected chi connectivity index (χ3v) is 28.4. The highest BCUT2D eigenvalue weighted by Crippen LogP contribution is 2.79. The first-order valence-electron chi connectivity index (χ1n) is 32.4. The monoisotopic (exact) mass is 1150 g/mol. The summed E-state index contributed by atoms with van der Waals surface area (Å²) in [4.78, 5) is 0. The van der Waals surface area contributed by atoms with E-state index in [2.05, 4.69) is 127 Å². The average molecular weight is 1150 g/mol. The summed E-state index contributed by atoms with van der Waals surface area (Å²) in [5, 5.41) is 19.3. The van der Waals surface area contributed by atoms with Gasteiger partial charge in [0.2, 0.25) is 0 Å². The SMILES string of the molecule is C=C(C)[C@@H]1CC[C@]2(CO)CC[C@]3(C)[C@H](CC[C@@H]4[C@@]5(C)Cc6cnoc6C(C)(C)[C@@H]5CC[C@]43C)[C@@H]12.C=C(C)[C@@H]1CC[C@]2(COC3CCCCO3)CC[C@]3(C)[C@H](CC[C@@H]4[C@@]5(C)Cc6cnoc6C(C)(C)[C@@H]5CC[C@]43C)[C@@H]12.[2H]P.[3H][P+](P)=S. The van der Waals surface area contributed by atoms with Gasteiger partial charge in [0.25, 0.3) is 0 Å². The van der Waals surface area contributed by atoms with E-state index in [1.54, 1.807) is 9.84 Å². The van der Waals surface area contributed by atoms with Gasteiger partial charge in [0.15, 0.2) is 25.1 Å². The fourth-order valence-electron chi connectivity index (χ4n) is 24.8. The van der Waals surface area contributed by atoms with Gasteiger partial charge >= 0.3 is 1.28 Å². The Morgan fingerprint density at radius 1 is 0.667 bits per heavy atom. The van der Waals surface area contributed by atoms with Crippen molar-refractivity contribution in [3.05, 3.63) is 59.3 Å². The average Bonchev–Trinajstić information content (AvgIpc) is 4.37. The summed E-state index contributed by atoms with van der Waals surface area (Å²) in [7, 11) is 3.87. The third-order valence-electron chi connectivity index (χ3n) is 28.4. The van der Waals surface area contributed by atoms with E-state index < -0.39 is 6.99 Å². The normalized spacial score (nSPS) is 48.1. The fourth-order valence-corrected chi connectivity index (χ4v) is 24.8. The molecule has 10 aliphatic carbocycles. The lowest BCUT2D eigenvalue weighted by Crippen LogP contribution is -2.66. The minimum absolute atomic E-state index is 0.0152. The maximum absolute atomic E-state index is 10.7. The minimum atomic E-state index is -0.870. The van der Waals surface area contributed by atoms with Crippen LogP contribution in [0.2, 0.25) is 0 Å². The zero-order valence-electron chi connectivity index (χ0n) is 52.9. The van der Waals surface area contributed by atoms with Crippen LogP contribution < -0.4 is 0 Å². The summed E-state index contributed by atoms with van der Waals surface area (Å²) in [5.74, 6) is 9.10. The van der Waals surface area contributed by atoms with Crippen molar-refractivity contribution in [3.8, 4) is 0 Å². The maximum Gasteiger partial charge on any atom is 0.355 e. The Hall–Kier alpha value is -0.840. The first-order valence-corrected chi connectivity index (χ1v) is 34.9. The second kappa shape index (κ2) is 21.0. The number of hydrogen-bond acceptors (Lipinski definition) is 8. The second-order valence-electron chi connectivity index (χ2n) is 31.6. The molecule has 2 aromatic heterocycles. The zero-order valence-corrected chi connectivity index (χ0v) is 54.9. The lowest BCUT2D eigenvalue weighted by molar-refractivity contribution is -0.241. The topological polar surface area (TPSA) is 90.8 Å². The van der Waals surface area contributed by atoms with Crippen molar-refractivity contribution in [2.45, 2.75) is 235 Å². The van der Waals surface area contributed by atoms with Crippen LogP contribution in [0.5, 0.6) is 0 Å². The summed E-state index contributed by atoms with van der Waals surface area (Å²) >= 11 is 4.31. The van der Waals surface area contributed by atoms with Crippen molar-refractivity contribution < 1.29 is 23.6 Å². The number of fused-ring (bicyclic) bond motifs is 16. The molecule has 11 aliphatic rings. The van der Waals surface area contributed by atoms with Gasteiger partial charge in [0.1, 0.15) is 11.5 Å². The van der Waals surface area contributed by atoms with E-state index in [1.165, 1.54) is 138 Å². The van der Waals surface area contributed by atoms with Gasteiger partial charge in [0, 0.05) is 35.2 Å². The molecule has 3 heterocycles. The molecule has 13 rings (SSSR count). The van der Waals surface area contributed by atoms with Gasteiger partial charge in [-0.25, -0.2) is 0 Å². The number of aliphatic hydroxyl groups is 1. The van der Waals surface area contributed by atoms with Gasteiger partial charge in [-0.05, 0) is 251 Å². The Balaban J connectivity index is 0.000000166. The molecule has 8 saturated carbocycles. The molecule has 2 aromatic rings. The molecule has 0 amide bonds. The Kier molecular flexibility index (Phi) is 15.5. The van der Waals surface area contributed by atoms with Crippen LogP contribution in [0.1, 0.15) is 228 Å². The number of allylic oxidation sites excluding steroid dienone is 2.